The first-order valence-electron chi connectivity index (χ1n) is 3.44. The molecule has 3 N–H and O–H groups in total. The quantitative estimate of drug-likeness (QED) is 0.573. The van der Waals surface area contributed by atoms with Crippen molar-refractivity contribution in [2.75, 3.05) is 19.6 Å². The third-order valence-electron chi connectivity index (χ3n) is 1.50. The van der Waals surface area contributed by atoms with Crippen LogP contribution < -0.4 is 5.32 Å². The highest BCUT2D eigenvalue weighted by atomic mass is 32.3. The predicted octanol–water partition coefficient (Wildman–Crippen LogP) is 1.26. The molecule has 78 valence electrons. The molecule has 0 aromatic heterocycles. The summed E-state index contributed by atoms with van der Waals surface area (Å²) in [5.41, 5.74) is -5.02. The summed E-state index contributed by atoms with van der Waals surface area (Å²) in [7, 11) is -4.71. The standard InChI is InChI=1S/C5H9F3N2O2S/c6-5(7,8)13(11,12)4-3-9-1-2-10-4/h9,11-12H,1-3H2. The molecule has 0 fully saturated rings. The lowest BCUT2D eigenvalue weighted by molar-refractivity contribution is -0.0502. The van der Waals surface area contributed by atoms with E-state index in [0.717, 1.165) is 0 Å². The molecule has 0 aromatic rings. The lowest BCUT2D eigenvalue weighted by Crippen LogP contribution is -2.38. The van der Waals surface area contributed by atoms with E-state index in [2.05, 4.69) is 10.3 Å². The maximum Gasteiger partial charge on any atom is 0.501 e. The molecule has 0 aromatic carbocycles. The zero-order valence-electron chi connectivity index (χ0n) is 6.51. The lowest BCUT2D eigenvalue weighted by Gasteiger charge is -2.35. The van der Waals surface area contributed by atoms with Gasteiger partial charge in [0.2, 0.25) is 0 Å². The summed E-state index contributed by atoms with van der Waals surface area (Å²) in [4.78, 5) is 3.44. The number of alkyl halides is 3. The zero-order valence-corrected chi connectivity index (χ0v) is 7.32. The van der Waals surface area contributed by atoms with Crippen molar-refractivity contribution in [3.63, 3.8) is 0 Å². The molecule has 0 amide bonds. The number of aliphatic imine (C=N–C) groups is 1. The molecule has 1 aliphatic rings. The molecule has 1 rings (SSSR count). The summed E-state index contributed by atoms with van der Waals surface area (Å²) in [6, 6.07) is 0. The number of nitrogens with one attached hydrogen (secondary N) is 1. The van der Waals surface area contributed by atoms with E-state index < -0.39 is 21.1 Å². The van der Waals surface area contributed by atoms with E-state index in [4.69, 9.17) is 9.11 Å². The van der Waals surface area contributed by atoms with Crippen LogP contribution in [0.1, 0.15) is 0 Å². The Kier molecular flexibility index (Phi) is 2.85. The third kappa shape index (κ3) is 2.13. The average Bonchev–Trinajstić information content (AvgIpc) is 2.04. The second-order valence-corrected chi connectivity index (χ2v) is 4.48. The predicted molar refractivity (Wildman–Crippen MR) is 44.1 cm³/mol. The average molecular weight is 218 g/mol. The van der Waals surface area contributed by atoms with E-state index in [0.29, 0.717) is 6.54 Å². The Morgan fingerprint density at radius 3 is 2.38 bits per heavy atom. The topological polar surface area (TPSA) is 64.8 Å². The molecule has 1 aliphatic heterocycles. The lowest BCUT2D eigenvalue weighted by atomic mass is 10.5. The van der Waals surface area contributed by atoms with Crippen LogP contribution >= 0.6 is 10.6 Å². The molecule has 0 saturated heterocycles. The largest absolute Gasteiger partial charge is 0.501 e. The SMILES string of the molecule is OS(O)(C1=NCCNC1)C(F)(F)F. The minimum atomic E-state index is -5.02. The van der Waals surface area contributed by atoms with Crippen molar-refractivity contribution in [3.05, 3.63) is 0 Å². The maximum absolute atomic E-state index is 12.0. The van der Waals surface area contributed by atoms with Crippen molar-refractivity contribution in [1.29, 1.82) is 0 Å². The fraction of sp³-hybridized carbons (Fsp3) is 0.800. The molecule has 0 atom stereocenters. The van der Waals surface area contributed by atoms with E-state index >= 15 is 0 Å². The van der Waals surface area contributed by atoms with E-state index in [1.807, 2.05) is 0 Å². The van der Waals surface area contributed by atoms with Gasteiger partial charge in [-0.15, -0.1) is 0 Å². The smallest absolute Gasteiger partial charge is 0.308 e. The van der Waals surface area contributed by atoms with Gasteiger partial charge in [0.1, 0.15) is 5.04 Å². The fourth-order valence-corrected chi connectivity index (χ4v) is 1.68. The molecular formula is C5H9F3N2O2S. The normalized spacial score (nSPS) is 21.2. The molecule has 4 nitrogen and oxygen atoms in total. The van der Waals surface area contributed by atoms with Gasteiger partial charge in [0.25, 0.3) is 0 Å². The van der Waals surface area contributed by atoms with Gasteiger partial charge in [-0.1, -0.05) is 10.6 Å². The molecule has 0 saturated carbocycles. The first-order valence-corrected chi connectivity index (χ1v) is 4.99. The monoisotopic (exact) mass is 218 g/mol. The summed E-state index contributed by atoms with van der Waals surface area (Å²) in [5, 5.41) is 1.98. The van der Waals surface area contributed by atoms with Crippen LogP contribution in [-0.2, 0) is 0 Å². The second kappa shape index (κ2) is 3.45. The molecule has 0 spiro atoms. The first-order chi connectivity index (χ1) is 5.86. The molecule has 8 heteroatoms. The van der Waals surface area contributed by atoms with Gasteiger partial charge < -0.3 is 5.32 Å². The van der Waals surface area contributed by atoms with Crippen LogP contribution in [0.15, 0.2) is 4.99 Å². The highest BCUT2D eigenvalue weighted by molar-refractivity contribution is 8.37. The summed E-state index contributed by atoms with van der Waals surface area (Å²) in [6.45, 7) is 0.375. The molecule has 0 unspecified atom stereocenters. The summed E-state index contributed by atoms with van der Waals surface area (Å²) in [6.07, 6.45) is 0. The van der Waals surface area contributed by atoms with Crippen LogP contribution in [0.25, 0.3) is 0 Å². The second-order valence-electron chi connectivity index (χ2n) is 2.45. The van der Waals surface area contributed by atoms with Gasteiger partial charge in [0, 0.05) is 6.54 Å². The number of rotatable bonds is 0. The Bertz CT molecular complexity index is 228. The summed E-state index contributed by atoms with van der Waals surface area (Å²) >= 11 is 0. The van der Waals surface area contributed by atoms with Crippen molar-refractivity contribution in [1.82, 2.24) is 5.32 Å². The van der Waals surface area contributed by atoms with E-state index in [-0.39, 0.29) is 13.1 Å². The number of halogens is 3. The summed E-state index contributed by atoms with van der Waals surface area (Å²) in [5.74, 6) is 0. The van der Waals surface area contributed by atoms with Crippen molar-refractivity contribution < 1.29 is 22.3 Å². The highest BCUT2D eigenvalue weighted by Gasteiger charge is 2.49. The van der Waals surface area contributed by atoms with Crippen LogP contribution in [-0.4, -0.2) is 39.3 Å². The van der Waals surface area contributed by atoms with E-state index in [9.17, 15) is 13.2 Å². The Morgan fingerprint density at radius 1 is 1.38 bits per heavy atom. The van der Waals surface area contributed by atoms with Crippen molar-refractivity contribution in [2.24, 2.45) is 4.99 Å². The molecule has 0 radical (unpaired) electrons. The Morgan fingerprint density at radius 2 is 2.00 bits per heavy atom. The van der Waals surface area contributed by atoms with Gasteiger partial charge in [-0.2, -0.15) is 13.2 Å². The van der Waals surface area contributed by atoms with Crippen LogP contribution in [0.5, 0.6) is 0 Å². The summed E-state index contributed by atoms with van der Waals surface area (Å²) < 4.78 is 53.8. The molecule has 0 bridgehead atoms. The van der Waals surface area contributed by atoms with Crippen LogP contribution in [0, 0.1) is 0 Å². The zero-order chi connectivity index (χ0) is 10.1. The van der Waals surface area contributed by atoms with Gasteiger partial charge in [0.15, 0.2) is 0 Å². The third-order valence-corrected chi connectivity index (χ3v) is 3.08. The van der Waals surface area contributed by atoms with Gasteiger partial charge in [-0.3, -0.25) is 14.1 Å². The van der Waals surface area contributed by atoms with Gasteiger partial charge in [-0.25, -0.2) is 0 Å². The fourth-order valence-electron chi connectivity index (χ4n) is 0.835. The Hall–Kier alpha value is -0.310. The minimum absolute atomic E-state index is 0.140. The number of nitrogens with zero attached hydrogens (tertiary/aromatic N) is 1. The van der Waals surface area contributed by atoms with Crippen molar-refractivity contribution >= 4 is 15.6 Å². The number of hydrogen-bond donors (Lipinski definition) is 3. The van der Waals surface area contributed by atoms with Crippen LogP contribution in [0.2, 0.25) is 0 Å². The molecule has 1 heterocycles. The Labute approximate surface area is 74.2 Å². The highest BCUT2D eigenvalue weighted by Crippen LogP contribution is 2.56. The Balaban J connectivity index is 2.85. The molecular weight excluding hydrogens is 209 g/mol. The van der Waals surface area contributed by atoms with E-state index in [1.165, 1.54) is 0 Å². The maximum atomic E-state index is 12.0. The van der Waals surface area contributed by atoms with Crippen LogP contribution in [0.3, 0.4) is 0 Å². The van der Waals surface area contributed by atoms with Gasteiger partial charge >= 0.3 is 5.51 Å². The van der Waals surface area contributed by atoms with Crippen LogP contribution in [0.4, 0.5) is 13.2 Å². The van der Waals surface area contributed by atoms with Gasteiger partial charge in [-0.05, 0) is 0 Å². The molecule has 0 aliphatic carbocycles. The first kappa shape index (κ1) is 10.8. The minimum Gasteiger partial charge on any atom is -0.308 e. The van der Waals surface area contributed by atoms with Crippen molar-refractivity contribution in [2.45, 2.75) is 5.51 Å². The van der Waals surface area contributed by atoms with E-state index in [1.54, 1.807) is 0 Å². The number of hydrogen-bond acceptors (Lipinski definition) is 4. The van der Waals surface area contributed by atoms with Crippen molar-refractivity contribution in [3.8, 4) is 0 Å². The molecule has 13 heavy (non-hydrogen) atoms. The van der Waals surface area contributed by atoms with Gasteiger partial charge in [0.05, 0.1) is 13.1 Å².